The Balaban J connectivity index is 2.09. The first-order chi connectivity index (χ1) is 4.20. The predicted molar refractivity (Wildman–Crippen MR) is 37.1 cm³/mol. The maximum absolute atomic E-state index is 12.8. The third-order valence-electron chi connectivity index (χ3n) is 1.98. The van der Waals surface area contributed by atoms with E-state index in [4.69, 9.17) is 0 Å². The average molecular weight is 130 g/mol. The summed E-state index contributed by atoms with van der Waals surface area (Å²) in [6.45, 7) is 3.90. The maximum Gasteiger partial charge on any atom is 0.103 e. The fourth-order valence-corrected chi connectivity index (χ4v) is 0.944. The van der Waals surface area contributed by atoms with Crippen LogP contribution in [0, 0.1) is 11.8 Å². The first-order valence-electron chi connectivity index (χ1n) is 3.84. The lowest BCUT2D eigenvalue weighted by Gasteiger charge is -2.09. The molecular weight excluding hydrogens is 115 g/mol. The summed E-state index contributed by atoms with van der Waals surface area (Å²) >= 11 is 0. The van der Waals surface area contributed by atoms with Crippen LogP contribution in [0.4, 0.5) is 4.39 Å². The molecule has 0 nitrogen and oxygen atoms in total. The van der Waals surface area contributed by atoms with E-state index in [0.29, 0.717) is 0 Å². The van der Waals surface area contributed by atoms with Crippen LogP contribution in [0.25, 0.3) is 0 Å². The summed E-state index contributed by atoms with van der Waals surface area (Å²) < 4.78 is 12.8. The van der Waals surface area contributed by atoms with Crippen molar-refractivity contribution in [1.29, 1.82) is 0 Å². The number of halogens is 1. The Bertz CT molecular complexity index is 84.6. The zero-order chi connectivity index (χ0) is 6.85. The second kappa shape index (κ2) is 2.68. The van der Waals surface area contributed by atoms with Crippen LogP contribution >= 0.6 is 0 Å². The van der Waals surface area contributed by atoms with Crippen LogP contribution in [-0.2, 0) is 0 Å². The Morgan fingerprint density at radius 3 is 2.33 bits per heavy atom. The Morgan fingerprint density at radius 2 is 2.00 bits per heavy atom. The summed E-state index contributed by atoms with van der Waals surface area (Å²) in [6.07, 6.45) is 2.82. The molecule has 1 aliphatic carbocycles. The molecule has 0 aliphatic heterocycles. The van der Waals surface area contributed by atoms with Gasteiger partial charge in [0.1, 0.15) is 6.17 Å². The van der Waals surface area contributed by atoms with Crippen LogP contribution in [0.1, 0.15) is 33.1 Å². The minimum absolute atomic E-state index is 0.227. The van der Waals surface area contributed by atoms with Gasteiger partial charge in [0.2, 0.25) is 0 Å². The Morgan fingerprint density at radius 1 is 1.44 bits per heavy atom. The number of hydrogen-bond acceptors (Lipinski definition) is 0. The van der Waals surface area contributed by atoms with Crippen LogP contribution in [0.2, 0.25) is 0 Å². The molecule has 9 heavy (non-hydrogen) atoms. The van der Waals surface area contributed by atoms with Gasteiger partial charge in [-0.2, -0.15) is 0 Å². The summed E-state index contributed by atoms with van der Waals surface area (Å²) in [5.41, 5.74) is 0. The van der Waals surface area contributed by atoms with E-state index in [1.54, 1.807) is 0 Å². The van der Waals surface area contributed by atoms with Crippen LogP contribution < -0.4 is 0 Å². The highest BCUT2D eigenvalue weighted by atomic mass is 19.1. The molecule has 0 N–H and O–H groups in total. The van der Waals surface area contributed by atoms with Crippen LogP contribution in [-0.4, -0.2) is 6.17 Å². The molecule has 0 spiro atoms. The summed E-state index contributed by atoms with van der Waals surface area (Å²) in [5.74, 6) is 0.966. The summed E-state index contributed by atoms with van der Waals surface area (Å²) in [4.78, 5) is 0. The number of rotatable bonds is 3. The molecule has 1 aliphatic rings. The third kappa shape index (κ3) is 2.33. The molecule has 0 aromatic carbocycles. The Hall–Kier alpha value is -0.0700. The molecule has 0 saturated heterocycles. The molecule has 0 radical (unpaired) electrons. The smallest absolute Gasteiger partial charge is 0.103 e. The zero-order valence-corrected chi connectivity index (χ0v) is 6.23. The van der Waals surface area contributed by atoms with Crippen molar-refractivity contribution >= 4 is 0 Å². The van der Waals surface area contributed by atoms with E-state index < -0.39 is 6.17 Å². The maximum atomic E-state index is 12.8. The number of alkyl halides is 1. The van der Waals surface area contributed by atoms with Gasteiger partial charge in [0.15, 0.2) is 0 Å². The molecule has 54 valence electrons. The minimum atomic E-state index is -0.544. The van der Waals surface area contributed by atoms with Crippen LogP contribution in [0.15, 0.2) is 0 Å². The lowest BCUT2D eigenvalue weighted by Crippen LogP contribution is -2.09. The molecule has 1 fully saturated rings. The van der Waals surface area contributed by atoms with Gasteiger partial charge in [-0.25, -0.2) is 4.39 Å². The molecule has 0 amide bonds. The predicted octanol–water partition coefficient (Wildman–Crippen LogP) is 2.78. The molecule has 0 unspecified atom stereocenters. The highest BCUT2D eigenvalue weighted by Gasteiger charge is 2.26. The first kappa shape index (κ1) is 7.04. The molecule has 1 atom stereocenters. The zero-order valence-electron chi connectivity index (χ0n) is 6.23. The van der Waals surface area contributed by atoms with Gasteiger partial charge in [-0.3, -0.25) is 0 Å². The van der Waals surface area contributed by atoms with Crippen molar-refractivity contribution in [2.24, 2.45) is 11.8 Å². The van der Waals surface area contributed by atoms with E-state index in [9.17, 15) is 4.39 Å². The summed E-state index contributed by atoms with van der Waals surface area (Å²) in [6, 6.07) is 0. The van der Waals surface area contributed by atoms with E-state index >= 15 is 0 Å². The molecule has 1 saturated carbocycles. The fraction of sp³-hybridized carbons (Fsp3) is 1.00. The number of hydrogen-bond donors (Lipinski definition) is 0. The van der Waals surface area contributed by atoms with Crippen LogP contribution in [0.3, 0.4) is 0 Å². The van der Waals surface area contributed by atoms with Crippen molar-refractivity contribution in [2.45, 2.75) is 39.3 Å². The largest absolute Gasteiger partial charge is 0.247 e. The summed E-state index contributed by atoms with van der Waals surface area (Å²) in [7, 11) is 0. The second-order valence-electron chi connectivity index (χ2n) is 3.44. The van der Waals surface area contributed by atoms with E-state index in [0.717, 1.165) is 12.3 Å². The van der Waals surface area contributed by atoms with Gasteiger partial charge in [0.05, 0.1) is 0 Å². The van der Waals surface area contributed by atoms with Gasteiger partial charge in [0, 0.05) is 0 Å². The van der Waals surface area contributed by atoms with Gasteiger partial charge >= 0.3 is 0 Å². The highest BCUT2D eigenvalue weighted by Crippen LogP contribution is 2.35. The molecule has 1 rings (SSSR count). The third-order valence-corrected chi connectivity index (χ3v) is 1.98. The van der Waals surface area contributed by atoms with Crippen molar-refractivity contribution in [3.63, 3.8) is 0 Å². The SMILES string of the molecule is CC(C)[C@H](F)CC1CC1. The molecule has 1 heteroatoms. The minimum Gasteiger partial charge on any atom is -0.247 e. The lowest BCUT2D eigenvalue weighted by atomic mass is 10.0. The molecule has 0 aromatic rings. The van der Waals surface area contributed by atoms with E-state index in [-0.39, 0.29) is 5.92 Å². The molecule has 0 bridgehead atoms. The molecular formula is C8H15F. The first-order valence-corrected chi connectivity index (χ1v) is 3.84. The second-order valence-corrected chi connectivity index (χ2v) is 3.44. The topological polar surface area (TPSA) is 0 Å². The standard InChI is InChI=1S/C8H15F/c1-6(2)8(9)5-7-3-4-7/h6-8H,3-5H2,1-2H3/t8-/m1/s1. The lowest BCUT2D eigenvalue weighted by molar-refractivity contribution is 0.230. The van der Waals surface area contributed by atoms with Gasteiger partial charge in [-0.1, -0.05) is 26.7 Å². The van der Waals surface area contributed by atoms with Gasteiger partial charge < -0.3 is 0 Å². The van der Waals surface area contributed by atoms with Crippen molar-refractivity contribution < 1.29 is 4.39 Å². The van der Waals surface area contributed by atoms with Crippen molar-refractivity contribution in [1.82, 2.24) is 0 Å². The van der Waals surface area contributed by atoms with Crippen LogP contribution in [0.5, 0.6) is 0 Å². The normalized spacial score (nSPS) is 22.7. The van der Waals surface area contributed by atoms with Gasteiger partial charge in [-0.15, -0.1) is 0 Å². The summed E-state index contributed by atoms with van der Waals surface area (Å²) in [5, 5.41) is 0. The Labute approximate surface area is 56.5 Å². The monoisotopic (exact) mass is 130 g/mol. The van der Waals surface area contributed by atoms with E-state index in [1.807, 2.05) is 13.8 Å². The van der Waals surface area contributed by atoms with Crippen molar-refractivity contribution in [2.75, 3.05) is 0 Å². The fourth-order valence-electron chi connectivity index (χ4n) is 0.944. The average Bonchev–Trinajstić information content (AvgIpc) is 2.50. The highest BCUT2D eigenvalue weighted by molar-refractivity contribution is 4.77. The van der Waals surface area contributed by atoms with Crippen molar-refractivity contribution in [3.8, 4) is 0 Å². The van der Waals surface area contributed by atoms with Gasteiger partial charge in [-0.05, 0) is 18.3 Å². The quantitative estimate of drug-likeness (QED) is 0.551. The van der Waals surface area contributed by atoms with Crippen molar-refractivity contribution in [3.05, 3.63) is 0 Å². The van der Waals surface area contributed by atoms with E-state index in [2.05, 4.69) is 0 Å². The van der Waals surface area contributed by atoms with E-state index in [1.165, 1.54) is 12.8 Å². The van der Waals surface area contributed by atoms with Gasteiger partial charge in [0.25, 0.3) is 0 Å². The Kier molecular flexibility index (Phi) is 2.09. The molecule has 0 aromatic heterocycles. The molecule has 0 heterocycles.